The maximum atomic E-state index is 12.9. The van der Waals surface area contributed by atoms with E-state index in [-0.39, 0.29) is 31.3 Å². The highest BCUT2D eigenvalue weighted by Gasteiger charge is 2.39. The first-order valence-corrected chi connectivity index (χ1v) is 19.0. The number of rotatable bonds is 12. The van der Waals surface area contributed by atoms with Crippen LogP contribution in [0.2, 0.25) is 0 Å². The third-order valence-electron chi connectivity index (χ3n) is 10.5. The topological polar surface area (TPSA) is 109 Å². The Morgan fingerprint density at radius 1 is 0.792 bits per heavy atom. The molecule has 280 valence electrons. The van der Waals surface area contributed by atoms with Crippen molar-refractivity contribution in [2.24, 2.45) is 5.92 Å². The van der Waals surface area contributed by atoms with E-state index >= 15 is 0 Å². The molecule has 2 aliphatic rings. The van der Waals surface area contributed by atoms with Crippen LogP contribution in [0.1, 0.15) is 79.2 Å². The minimum atomic E-state index is -0.809. The molecule has 53 heavy (non-hydrogen) atoms. The lowest BCUT2D eigenvalue weighted by molar-refractivity contribution is -0.276. The van der Waals surface area contributed by atoms with E-state index in [1.807, 2.05) is 60.7 Å². The number of carbonyl (C=O) groups is 2. The fourth-order valence-corrected chi connectivity index (χ4v) is 7.38. The summed E-state index contributed by atoms with van der Waals surface area (Å²) in [5, 5.41) is 15.3. The number of amides is 2. The number of likely N-dealkylation sites (tertiary alicyclic amines) is 1. The van der Waals surface area contributed by atoms with Gasteiger partial charge in [-0.1, -0.05) is 117 Å². The molecule has 0 aromatic heterocycles. The number of ether oxygens (including phenoxy) is 3. The number of nitrogens with one attached hydrogen (secondary N) is 2. The molecule has 2 fully saturated rings. The molecule has 0 spiro atoms. The first-order valence-electron chi connectivity index (χ1n) is 19.0. The van der Waals surface area contributed by atoms with Crippen molar-refractivity contribution in [1.29, 1.82) is 0 Å². The highest BCUT2D eigenvalue weighted by atomic mass is 16.7. The Bertz CT molecular complexity index is 1760. The van der Waals surface area contributed by atoms with Crippen LogP contribution in [0.25, 0.3) is 11.1 Å². The fourth-order valence-electron chi connectivity index (χ4n) is 7.38. The Morgan fingerprint density at radius 3 is 2.19 bits per heavy atom. The quantitative estimate of drug-likeness (QED) is 0.130. The van der Waals surface area contributed by atoms with Crippen molar-refractivity contribution in [3.63, 3.8) is 0 Å². The smallest absolute Gasteiger partial charge is 0.328 e. The van der Waals surface area contributed by atoms with Crippen LogP contribution in [0.3, 0.4) is 0 Å². The number of carbonyl (C=O) groups excluding carboxylic acids is 2. The summed E-state index contributed by atoms with van der Waals surface area (Å²) < 4.78 is 18.6. The summed E-state index contributed by atoms with van der Waals surface area (Å²) in [6.45, 7) is 5.56. The van der Waals surface area contributed by atoms with E-state index in [0.717, 1.165) is 58.6 Å². The van der Waals surface area contributed by atoms with Gasteiger partial charge < -0.3 is 34.9 Å². The second kappa shape index (κ2) is 19.0. The maximum Gasteiger partial charge on any atom is 0.328 e. The minimum absolute atomic E-state index is 0.00650. The lowest BCUT2D eigenvalue weighted by Crippen LogP contribution is -2.47. The molecule has 3 N–H and O–H groups in total. The number of aliphatic hydroxyl groups is 1. The van der Waals surface area contributed by atoms with E-state index in [0.29, 0.717) is 6.42 Å². The van der Waals surface area contributed by atoms with Crippen molar-refractivity contribution in [2.45, 2.75) is 83.1 Å². The normalized spacial score (nSPS) is 21.5. The molecule has 2 amide bonds. The Hall–Kier alpha value is -4.54. The molecule has 0 saturated carbocycles. The Labute approximate surface area is 313 Å². The van der Waals surface area contributed by atoms with Gasteiger partial charge in [-0.05, 0) is 71.4 Å². The molecule has 2 heterocycles. The van der Waals surface area contributed by atoms with Crippen LogP contribution in [0.15, 0.2) is 103 Å². The van der Waals surface area contributed by atoms with Crippen LogP contribution in [0.5, 0.6) is 0 Å². The second-order valence-electron chi connectivity index (χ2n) is 14.3. The number of urea groups is 1. The molecule has 0 bridgehead atoms. The van der Waals surface area contributed by atoms with E-state index in [1.54, 1.807) is 0 Å². The average molecular weight is 720 g/mol. The Kier molecular flexibility index (Phi) is 13.7. The summed E-state index contributed by atoms with van der Waals surface area (Å²) in [7, 11) is 1.32. The number of benzene rings is 4. The molecule has 9 nitrogen and oxygen atoms in total. The predicted octanol–water partition coefficient (Wildman–Crippen LogP) is 7.49. The highest BCUT2D eigenvalue weighted by Crippen LogP contribution is 2.42. The van der Waals surface area contributed by atoms with Gasteiger partial charge in [0.2, 0.25) is 0 Å². The first kappa shape index (κ1) is 38.2. The van der Waals surface area contributed by atoms with Gasteiger partial charge in [0, 0.05) is 31.0 Å². The van der Waals surface area contributed by atoms with Crippen LogP contribution < -0.4 is 10.6 Å². The van der Waals surface area contributed by atoms with Gasteiger partial charge in [-0.2, -0.15) is 0 Å². The predicted molar refractivity (Wildman–Crippen MR) is 206 cm³/mol. The molecule has 6 rings (SSSR count). The largest absolute Gasteiger partial charge is 0.467 e. The third-order valence-corrected chi connectivity index (χ3v) is 10.5. The van der Waals surface area contributed by atoms with Gasteiger partial charge in [0.05, 0.1) is 25.9 Å². The summed E-state index contributed by atoms with van der Waals surface area (Å²) in [6.07, 6.45) is 5.91. The summed E-state index contributed by atoms with van der Waals surface area (Å²) in [5.74, 6) is -0.372. The fraction of sp³-hybridized carbons (Fsp3) is 0.409. The van der Waals surface area contributed by atoms with Crippen LogP contribution >= 0.6 is 0 Å². The van der Waals surface area contributed by atoms with Gasteiger partial charge in [0.25, 0.3) is 0 Å². The van der Waals surface area contributed by atoms with Gasteiger partial charge in [-0.15, -0.1) is 0 Å². The standard InChI is InChI=1S/C44H53N3O6/c1-31-40(29-47-23-9-4-3-5-10-24-47)52-43(53-41(31)35-21-19-33(30-48)20-22-35)38-18-12-17-37(27-38)36-16-11-15-34(25-36)28-45-44(50)46-39(42(49)51-2)26-32-13-7-6-8-14-32/h6-8,11-22,25,27,31,39-41,43,48H,3-5,9-10,23-24,26,28-30H2,1-2H3,(H2,45,46,50)/t31-,39+,40+,41+,43+/m1/s1. The van der Waals surface area contributed by atoms with Crippen molar-refractivity contribution in [3.05, 3.63) is 131 Å². The summed E-state index contributed by atoms with van der Waals surface area (Å²) in [5.41, 5.74) is 6.75. The van der Waals surface area contributed by atoms with E-state index in [4.69, 9.17) is 14.2 Å². The van der Waals surface area contributed by atoms with Crippen LogP contribution in [-0.4, -0.2) is 60.9 Å². The lowest BCUT2D eigenvalue weighted by atomic mass is 9.89. The molecule has 2 saturated heterocycles. The SMILES string of the molecule is COC(=O)[C@H](Cc1ccccc1)NC(=O)NCc1cccc(-c2cccc([C@H]3O[C@@H](CN4CCCCCCC4)[C@@H](C)[C@@H](c4ccc(CO)cc4)O3)c2)c1. The molecule has 0 unspecified atom stereocenters. The maximum absolute atomic E-state index is 12.9. The molecular weight excluding hydrogens is 666 g/mol. The Balaban J connectivity index is 1.16. The first-order chi connectivity index (χ1) is 25.9. The zero-order valence-electron chi connectivity index (χ0n) is 30.9. The van der Waals surface area contributed by atoms with Crippen LogP contribution in [-0.2, 0) is 38.6 Å². The summed E-state index contributed by atoms with van der Waals surface area (Å²) in [6, 6.07) is 32.7. The Morgan fingerprint density at radius 2 is 1.47 bits per heavy atom. The second-order valence-corrected chi connectivity index (χ2v) is 14.3. The van der Waals surface area contributed by atoms with E-state index in [9.17, 15) is 14.7 Å². The van der Waals surface area contributed by atoms with Crippen molar-refractivity contribution in [2.75, 3.05) is 26.7 Å². The van der Waals surface area contributed by atoms with Gasteiger partial charge in [-0.25, -0.2) is 9.59 Å². The number of nitrogens with zero attached hydrogens (tertiary/aromatic N) is 1. The number of methoxy groups -OCH3 is 1. The van der Waals surface area contributed by atoms with Crippen LogP contribution in [0.4, 0.5) is 4.79 Å². The molecule has 5 atom stereocenters. The highest BCUT2D eigenvalue weighted by molar-refractivity contribution is 5.83. The van der Waals surface area contributed by atoms with Crippen molar-refractivity contribution >= 4 is 12.0 Å². The molecule has 2 aliphatic heterocycles. The van der Waals surface area contributed by atoms with Crippen molar-refractivity contribution in [1.82, 2.24) is 15.5 Å². The molecule has 9 heteroatoms. The lowest BCUT2D eigenvalue weighted by Gasteiger charge is -2.43. The van der Waals surface area contributed by atoms with Crippen molar-refractivity contribution < 1.29 is 28.9 Å². The molecule has 0 aliphatic carbocycles. The minimum Gasteiger partial charge on any atom is -0.467 e. The van der Waals surface area contributed by atoms with Gasteiger partial charge in [0.1, 0.15) is 6.04 Å². The molecular formula is C44H53N3O6. The summed E-state index contributed by atoms with van der Waals surface area (Å²) in [4.78, 5) is 27.9. The number of esters is 1. The van der Waals surface area contributed by atoms with Crippen LogP contribution in [0, 0.1) is 5.92 Å². The molecule has 4 aromatic rings. The zero-order valence-corrected chi connectivity index (χ0v) is 30.9. The van der Waals surface area contributed by atoms with E-state index in [1.165, 1.54) is 39.2 Å². The number of aliphatic hydroxyl groups excluding tert-OH is 1. The van der Waals surface area contributed by atoms with Gasteiger partial charge in [0.15, 0.2) is 6.29 Å². The zero-order chi connectivity index (χ0) is 37.0. The van der Waals surface area contributed by atoms with E-state index in [2.05, 4.69) is 64.9 Å². The van der Waals surface area contributed by atoms with E-state index < -0.39 is 24.3 Å². The molecule has 0 radical (unpaired) electrons. The monoisotopic (exact) mass is 719 g/mol. The van der Waals surface area contributed by atoms with Crippen molar-refractivity contribution in [3.8, 4) is 11.1 Å². The number of hydrogen-bond acceptors (Lipinski definition) is 7. The van der Waals surface area contributed by atoms with Gasteiger partial charge in [-0.3, -0.25) is 0 Å². The van der Waals surface area contributed by atoms with Gasteiger partial charge >= 0.3 is 12.0 Å². The number of hydrogen-bond donors (Lipinski definition) is 3. The molecule has 4 aromatic carbocycles. The summed E-state index contributed by atoms with van der Waals surface area (Å²) >= 11 is 0. The third kappa shape index (κ3) is 10.5. The average Bonchev–Trinajstić information content (AvgIpc) is 3.19.